The van der Waals surface area contributed by atoms with Gasteiger partial charge in [0.15, 0.2) is 0 Å². The summed E-state index contributed by atoms with van der Waals surface area (Å²) in [5, 5.41) is 8.29. The normalized spacial score (nSPS) is 16.1. The molecule has 0 fully saturated rings. The maximum atomic E-state index is 10.7. The van der Waals surface area contributed by atoms with Gasteiger partial charge in [-0.05, 0) is 6.92 Å². The summed E-state index contributed by atoms with van der Waals surface area (Å²) in [5.74, 6) is 1.12. The molecule has 0 heterocycles. The molecule has 0 aliphatic heterocycles. The Morgan fingerprint density at radius 3 is 2.67 bits per heavy atom. The Morgan fingerprint density at radius 2 is 2.33 bits per heavy atom. The van der Waals surface area contributed by atoms with Crippen LogP contribution >= 0.6 is 0 Å². The molecule has 0 aromatic carbocycles. The van der Waals surface area contributed by atoms with E-state index in [1.807, 2.05) is 13.0 Å². The van der Waals surface area contributed by atoms with Crippen LogP contribution in [0.15, 0.2) is 0 Å². The SMILES string of the molecule is CCS(=O)CC(C)C#N. The second-order valence-corrected chi connectivity index (χ2v) is 3.72. The van der Waals surface area contributed by atoms with Gasteiger partial charge in [-0.3, -0.25) is 4.21 Å². The lowest BCUT2D eigenvalue weighted by atomic mass is 10.3. The van der Waals surface area contributed by atoms with Crippen LogP contribution in [-0.2, 0) is 10.8 Å². The van der Waals surface area contributed by atoms with Crippen molar-refractivity contribution in [2.45, 2.75) is 13.8 Å². The van der Waals surface area contributed by atoms with E-state index >= 15 is 0 Å². The average Bonchev–Trinajstić information content (AvgIpc) is 1.87. The summed E-state index contributed by atoms with van der Waals surface area (Å²) in [6.07, 6.45) is 0. The minimum absolute atomic E-state index is 0.0641. The van der Waals surface area contributed by atoms with Crippen LogP contribution in [0.3, 0.4) is 0 Å². The molecule has 52 valence electrons. The molecule has 9 heavy (non-hydrogen) atoms. The first-order valence-electron chi connectivity index (χ1n) is 2.95. The fraction of sp³-hybridized carbons (Fsp3) is 0.833. The number of hydrogen-bond donors (Lipinski definition) is 0. The highest BCUT2D eigenvalue weighted by molar-refractivity contribution is 7.84. The van der Waals surface area contributed by atoms with Crippen molar-refractivity contribution in [1.29, 1.82) is 5.26 Å². The van der Waals surface area contributed by atoms with Gasteiger partial charge in [-0.2, -0.15) is 5.26 Å². The van der Waals surface area contributed by atoms with Crippen molar-refractivity contribution >= 4 is 10.8 Å². The average molecular weight is 145 g/mol. The van der Waals surface area contributed by atoms with Gasteiger partial charge >= 0.3 is 0 Å². The zero-order chi connectivity index (χ0) is 7.28. The van der Waals surface area contributed by atoms with E-state index in [-0.39, 0.29) is 5.92 Å². The third kappa shape index (κ3) is 4.16. The van der Waals surface area contributed by atoms with Crippen LogP contribution in [0, 0.1) is 17.2 Å². The van der Waals surface area contributed by atoms with Gasteiger partial charge in [0.2, 0.25) is 0 Å². The monoisotopic (exact) mass is 145 g/mol. The number of hydrogen-bond acceptors (Lipinski definition) is 2. The minimum Gasteiger partial charge on any atom is -0.260 e. The first-order valence-corrected chi connectivity index (χ1v) is 4.44. The van der Waals surface area contributed by atoms with Crippen LogP contribution < -0.4 is 0 Å². The van der Waals surface area contributed by atoms with E-state index in [2.05, 4.69) is 0 Å². The molecule has 3 heteroatoms. The standard InChI is InChI=1S/C6H11NOS/c1-3-9(8)5-6(2)4-7/h6H,3,5H2,1-2H3. The quantitative estimate of drug-likeness (QED) is 0.592. The summed E-state index contributed by atoms with van der Waals surface area (Å²) in [6.45, 7) is 3.65. The molecule has 0 bridgehead atoms. The van der Waals surface area contributed by atoms with Crippen LogP contribution in [0.1, 0.15) is 13.8 Å². The number of rotatable bonds is 3. The van der Waals surface area contributed by atoms with E-state index in [4.69, 9.17) is 5.26 Å². The van der Waals surface area contributed by atoms with Gasteiger partial charge in [0, 0.05) is 22.3 Å². The molecule has 0 aromatic rings. The minimum atomic E-state index is -0.779. The maximum Gasteiger partial charge on any atom is 0.0662 e. The van der Waals surface area contributed by atoms with Crippen LogP contribution in [0.4, 0.5) is 0 Å². The highest BCUT2D eigenvalue weighted by Gasteiger charge is 2.02. The Kier molecular flexibility index (Phi) is 4.33. The van der Waals surface area contributed by atoms with Gasteiger partial charge in [-0.15, -0.1) is 0 Å². The summed E-state index contributed by atoms with van der Waals surface area (Å²) < 4.78 is 10.7. The Morgan fingerprint density at radius 1 is 1.78 bits per heavy atom. The van der Waals surface area contributed by atoms with E-state index < -0.39 is 10.8 Å². The number of nitrogens with zero attached hydrogens (tertiary/aromatic N) is 1. The molecule has 0 saturated carbocycles. The predicted molar refractivity (Wildman–Crippen MR) is 38.3 cm³/mol. The van der Waals surface area contributed by atoms with Gasteiger partial charge in [0.1, 0.15) is 0 Å². The summed E-state index contributed by atoms with van der Waals surface area (Å²) in [7, 11) is -0.779. The van der Waals surface area contributed by atoms with Crippen molar-refractivity contribution in [3.8, 4) is 6.07 Å². The van der Waals surface area contributed by atoms with Crippen molar-refractivity contribution in [1.82, 2.24) is 0 Å². The summed E-state index contributed by atoms with van der Waals surface area (Å²) >= 11 is 0. The summed E-state index contributed by atoms with van der Waals surface area (Å²) in [6, 6.07) is 2.04. The lowest BCUT2D eigenvalue weighted by Gasteiger charge is -1.97. The molecule has 0 rings (SSSR count). The third-order valence-electron chi connectivity index (χ3n) is 0.978. The van der Waals surface area contributed by atoms with Gasteiger partial charge in [0.25, 0.3) is 0 Å². The van der Waals surface area contributed by atoms with Crippen LogP contribution in [0.5, 0.6) is 0 Å². The predicted octanol–water partition coefficient (Wildman–Crippen LogP) is 0.915. The number of nitriles is 1. The van der Waals surface area contributed by atoms with E-state index in [0.717, 1.165) is 0 Å². The molecule has 0 N–H and O–H groups in total. The molecule has 0 saturated heterocycles. The molecule has 2 unspecified atom stereocenters. The van der Waals surface area contributed by atoms with E-state index in [0.29, 0.717) is 11.5 Å². The Hall–Kier alpha value is -0.360. The molecular weight excluding hydrogens is 134 g/mol. The lowest BCUT2D eigenvalue weighted by molar-refractivity contribution is 0.677. The van der Waals surface area contributed by atoms with Crippen molar-refractivity contribution in [3.63, 3.8) is 0 Å². The van der Waals surface area contributed by atoms with Crippen LogP contribution in [0.25, 0.3) is 0 Å². The summed E-state index contributed by atoms with van der Waals surface area (Å²) in [4.78, 5) is 0. The zero-order valence-corrected chi connectivity index (χ0v) is 6.57. The van der Waals surface area contributed by atoms with Crippen molar-refractivity contribution in [2.24, 2.45) is 5.92 Å². The molecule has 0 aliphatic rings. The Labute approximate surface area is 58.3 Å². The largest absolute Gasteiger partial charge is 0.260 e. The van der Waals surface area contributed by atoms with E-state index in [9.17, 15) is 4.21 Å². The van der Waals surface area contributed by atoms with Crippen molar-refractivity contribution < 1.29 is 4.21 Å². The lowest BCUT2D eigenvalue weighted by Crippen LogP contribution is -2.06. The zero-order valence-electron chi connectivity index (χ0n) is 5.76. The molecule has 2 atom stereocenters. The summed E-state index contributed by atoms with van der Waals surface area (Å²) in [5.41, 5.74) is 0. The molecular formula is C6H11NOS. The molecule has 0 aromatic heterocycles. The Bertz CT molecular complexity index is 138. The first kappa shape index (κ1) is 8.64. The fourth-order valence-corrected chi connectivity index (χ4v) is 1.30. The molecule has 0 spiro atoms. The van der Waals surface area contributed by atoms with E-state index in [1.54, 1.807) is 6.92 Å². The highest BCUT2D eigenvalue weighted by Crippen LogP contribution is 1.94. The second kappa shape index (κ2) is 4.51. The highest BCUT2D eigenvalue weighted by atomic mass is 32.2. The first-order chi connectivity index (χ1) is 4.20. The Balaban J connectivity index is 3.50. The van der Waals surface area contributed by atoms with Crippen molar-refractivity contribution in [2.75, 3.05) is 11.5 Å². The second-order valence-electron chi connectivity index (χ2n) is 1.93. The molecule has 0 aliphatic carbocycles. The molecule has 2 nitrogen and oxygen atoms in total. The molecule has 0 radical (unpaired) electrons. The van der Waals surface area contributed by atoms with Crippen LogP contribution in [0.2, 0.25) is 0 Å². The topological polar surface area (TPSA) is 40.9 Å². The third-order valence-corrected chi connectivity index (χ3v) is 2.49. The maximum absolute atomic E-state index is 10.7. The van der Waals surface area contributed by atoms with Gasteiger partial charge < -0.3 is 0 Å². The smallest absolute Gasteiger partial charge is 0.0662 e. The van der Waals surface area contributed by atoms with Gasteiger partial charge in [-0.1, -0.05) is 6.92 Å². The van der Waals surface area contributed by atoms with Crippen molar-refractivity contribution in [3.05, 3.63) is 0 Å². The molecule has 0 amide bonds. The fourth-order valence-electron chi connectivity index (χ4n) is 0.434. The van der Waals surface area contributed by atoms with E-state index in [1.165, 1.54) is 0 Å². The van der Waals surface area contributed by atoms with Crippen LogP contribution in [-0.4, -0.2) is 15.7 Å². The van der Waals surface area contributed by atoms with Gasteiger partial charge in [0.05, 0.1) is 12.0 Å². The van der Waals surface area contributed by atoms with Gasteiger partial charge in [-0.25, -0.2) is 0 Å².